The predicted octanol–water partition coefficient (Wildman–Crippen LogP) is 4.37. The van der Waals surface area contributed by atoms with Gasteiger partial charge in [0.15, 0.2) is 5.78 Å². The highest BCUT2D eigenvalue weighted by Crippen LogP contribution is 2.39. The summed E-state index contributed by atoms with van der Waals surface area (Å²) >= 11 is 0. The van der Waals surface area contributed by atoms with Crippen LogP contribution in [0.3, 0.4) is 0 Å². The zero-order valence-corrected chi connectivity index (χ0v) is 23.8. The standard InChI is InChI=1S/C30H40N4O5/c1-7-39-26-14-19-16-34(28(31)21(19)15-22(26)29(36)32-5)17-25(35)18-12-23(30(2,3)4)27(37-6)24(13-18)33-20-8-10-38-11-9-20/h12-15,20,31,33H,7-11,16-17H2,1-6H3,(H,32,36). The van der Waals surface area contributed by atoms with Gasteiger partial charge >= 0.3 is 0 Å². The van der Waals surface area contributed by atoms with Gasteiger partial charge in [0.05, 0.1) is 31.5 Å². The maximum atomic E-state index is 13.7. The van der Waals surface area contributed by atoms with Crippen LogP contribution in [0.2, 0.25) is 0 Å². The van der Waals surface area contributed by atoms with Gasteiger partial charge in [-0.25, -0.2) is 0 Å². The molecule has 9 heteroatoms. The summed E-state index contributed by atoms with van der Waals surface area (Å²) in [4.78, 5) is 27.9. The second-order valence-corrected chi connectivity index (χ2v) is 11.0. The van der Waals surface area contributed by atoms with Crippen LogP contribution in [-0.4, -0.2) is 69.0 Å². The summed E-state index contributed by atoms with van der Waals surface area (Å²) in [5, 5.41) is 15.0. The number of carbonyl (C=O) groups excluding carboxylic acids is 2. The number of methoxy groups -OCH3 is 1. The molecule has 39 heavy (non-hydrogen) atoms. The molecule has 1 amide bonds. The minimum atomic E-state index is -0.277. The number of benzene rings is 2. The maximum absolute atomic E-state index is 13.7. The van der Waals surface area contributed by atoms with Crippen molar-refractivity contribution in [3.63, 3.8) is 0 Å². The number of rotatable bonds is 9. The van der Waals surface area contributed by atoms with Crippen molar-refractivity contribution in [2.24, 2.45) is 0 Å². The van der Waals surface area contributed by atoms with Crippen molar-refractivity contribution < 1.29 is 23.8 Å². The highest BCUT2D eigenvalue weighted by atomic mass is 16.5. The molecular weight excluding hydrogens is 496 g/mol. The lowest BCUT2D eigenvalue weighted by molar-refractivity contribution is 0.0903. The second-order valence-electron chi connectivity index (χ2n) is 11.0. The molecule has 2 aliphatic rings. The number of amides is 1. The Hall–Kier alpha value is -3.59. The fourth-order valence-electron chi connectivity index (χ4n) is 5.15. The lowest BCUT2D eigenvalue weighted by atomic mass is 9.84. The topological polar surface area (TPSA) is 113 Å². The van der Waals surface area contributed by atoms with E-state index in [2.05, 4.69) is 31.4 Å². The highest BCUT2D eigenvalue weighted by Gasteiger charge is 2.31. The fourth-order valence-corrected chi connectivity index (χ4v) is 5.15. The van der Waals surface area contributed by atoms with Gasteiger partial charge in [0.25, 0.3) is 5.91 Å². The van der Waals surface area contributed by atoms with Crippen LogP contribution < -0.4 is 20.1 Å². The average molecular weight is 537 g/mol. The predicted molar refractivity (Wildman–Crippen MR) is 152 cm³/mol. The van der Waals surface area contributed by atoms with Crippen molar-refractivity contribution in [1.82, 2.24) is 10.2 Å². The van der Waals surface area contributed by atoms with Crippen LogP contribution in [0.25, 0.3) is 0 Å². The van der Waals surface area contributed by atoms with E-state index in [9.17, 15) is 9.59 Å². The van der Waals surface area contributed by atoms with E-state index in [-0.39, 0.29) is 35.5 Å². The van der Waals surface area contributed by atoms with Crippen LogP contribution in [0.5, 0.6) is 11.5 Å². The molecule has 1 saturated heterocycles. The molecular formula is C30H40N4O5. The van der Waals surface area contributed by atoms with Crippen LogP contribution in [0.4, 0.5) is 5.69 Å². The minimum absolute atomic E-state index is 0.0411. The third kappa shape index (κ3) is 6.03. The van der Waals surface area contributed by atoms with E-state index in [4.69, 9.17) is 19.6 Å². The molecule has 0 radical (unpaired) electrons. The molecule has 4 rings (SSSR count). The van der Waals surface area contributed by atoms with E-state index < -0.39 is 0 Å². The lowest BCUT2D eigenvalue weighted by Crippen LogP contribution is -2.31. The smallest absolute Gasteiger partial charge is 0.254 e. The van der Waals surface area contributed by atoms with Gasteiger partial charge in [0.2, 0.25) is 0 Å². The Bertz CT molecular complexity index is 1260. The Morgan fingerprint density at radius 3 is 2.49 bits per heavy atom. The summed E-state index contributed by atoms with van der Waals surface area (Å²) in [5.74, 6) is 1.08. The number of hydrogen-bond acceptors (Lipinski definition) is 7. The molecule has 0 aromatic heterocycles. The number of carbonyl (C=O) groups is 2. The normalized spacial score (nSPS) is 15.6. The number of Topliss-reactive ketones (excluding diaryl/α,β-unsaturated/α-hetero) is 1. The third-order valence-corrected chi connectivity index (χ3v) is 7.25. The molecule has 2 aliphatic heterocycles. The summed E-state index contributed by atoms with van der Waals surface area (Å²) in [7, 11) is 3.22. The lowest BCUT2D eigenvalue weighted by Gasteiger charge is -2.29. The van der Waals surface area contributed by atoms with Crippen LogP contribution in [0, 0.1) is 5.41 Å². The summed E-state index contributed by atoms with van der Waals surface area (Å²) in [6, 6.07) is 7.52. The molecule has 0 aliphatic carbocycles. The number of nitrogens with one attached hydrogen (secondary N) is 3. The Labute approximate surface area is 230 Å². The zero-order valence-electron chi connectivity index (χ0n) is 23.8. The average Bonchev–Trinajstić information content (AvgIpc) is 3.21. The van der Waals surface area contributed by atoms with Gasteiger partial charge < -0.3 is 29.7 Å². The monoisotopic (exact) mass is 536 g/mol. The van der Waals surface area contributed by atoms with Crippen LogP contribution >= 0.6 is 0 Å². The van der Waals surface area contributed by atoms with Crippen molar-refractivity contribution >= 4 is 23.2 Å². The van der Waals surface area contributed by atoms with Gasteiger partial charge in [0, 0.05) is 49.5 Å². The number of hydrogen-bond donors (Lipinski definition) is 3. The van der Waals surface area contributed by atoms with Crippen molar-refractivity contribution in [1.29, 1.82) is 5.41 Å². The third-order valence-electron chi connectivity index (χ3n) is 7.25. The van der Waals surface area contributed by atoms with Gasteiger partial charge in [-0.05, 0) is 55.0 Å². The molecule has 2 aromatic carbocycles. The highest BCUT2D eigenvalue weighted by molar-refractivity contribution is 6.08. The molecule has 1 fully saturated rings. The Kier molecular flexibility index (Phi) is 8.49. The Morgan fingerprint density at radius 2 is 1.87 bits per heavy atom. The van der Waals surface area contributed by atoms with E-state index in [1.807, 2.05) is 25.1 Å². The van der Waals surface area contributed by atoms with Crippen molar-refractivity contribution in [3.05, 3.63) is 52.1 Å². The first-order valence-electron chi connectivity index (χ1n) is 13.5. The van der Waals surface area contributed by atoms with Gasteiger partial charge in [-0.3, -0.25) is 15.0 Å². The number of ketones is 1. The van der Waals surface area contributed by atoms with Gasteiger partial charge in [-0.1, -0.05) is 20.8 Å². The number of nitrogens with zero attached hydrogens (tertiary/aromatic N) is 1. The van der Waals surface area contributed by atoms with Crippen LogP contribution in [0.15, 0.2) is 24.3 Å². The molecule has 9 nitrogen and oxygen atoms in total. The van der Waals surface area contributed by atoms with E-state index in [1.165, 1.54) is 0 Å². The molecule has 0 atom stereocenters. The van der Waals surface area contributed by atoms with Crippen LogP contribution in [-0.2, 0) is 16.7 Å². The van der Waals surface area contributed by atoms with Crippen LogP contribution in [0.1, 0.15) is 77.9 Å². The quantitative estimate of drug-likeness (QED) is 0.408. The summed E-state index contributed by atoms with van der Waals surface area (Å²) in [6.45, 7) is 10.4. The molecule has 2 aromatic rings. The van der Waals surface area contributed by atoms with Gasteiger partial charge in [0.1, 0.15) is 17.3 Å². The van der Waals surface area contributed by atoms with E-state index in [1.54, 1.807) is 25.1 Å². The Balaban J connectivity index is 1.63. The molecule has 0 spiro atoms. The van der Waals surface area contributed by atoms with E-state index in [0.717, 1.165) is 35.4 Å². The number of fused-ring (bicyclic) bond motifs is 1. The summed E-state index contributed by atoms with van der Waals surface area (Å²) in [6.07, 6.45) is 1.77. The minimum Gasteiger partial charge on any atom is -0.494 e. The molecule has 0 saturated carbocycles. The zero-order chi connectivity index (χ0) is 28.3. The largest absolute Gasteiger partial charge is 0.494 e. The summed E-state index contributed by atoms with van der Waals surface area (Å²) < 4.78 is 17.1. The second kappa shape index (κ2) is 11.7. The molecule has 0 bridgehead atoms. The maximum Gasteiger partial charge on any atom is 0.254 e. The van der Waals surface area contributed by atoms with Crippen molar-refractivity contribution in [2.75, 3.05) is 45.8 Å². The first-order valence-corrected chi connectivity index (χ1v) is 13.5. The molecule has 2 heterocycles. The summed E-state index contributed by atoms with van der Waals surface area (Å²) in [5.41, 5.74) is 3.94. The van der Waals surface area contributed by atoms with Crippen molar-refractivity contribution in [3.8, 4) is 11.5 Å². The first kappa shape index (κ1) is 28.4. The van der Waals surface area contributed by atoms with Crippen molar-refractivity contribution in [2.45, 2.75) is 58.5 Å². The SMILES string of the molecule is CCOc1cc2c(cc1C(=O)NC)C(=N)N(CC(=O)c1cc(NC3CCOCC3)c(OC)c(C(C)(C)C)c1)C2. The first-order chi connectivity index (χ1) is 18.6. The Morgan fingerprint density at radius 1 is 1.15 bits per heavy atom. The molecule has 210 valence electrons. The van der Waals surface area contributed by atoms with Gasteiger partial charge in [-0.2, -0.15) is 0 Å². The molecule has 3 N–H and O–H groups in total. The fraction of sp³-hybridized carbons (Fsp3) is 0.500. The number of ether oxygens (including phenoxy) is 3. The van der Waals surface area contributed by atoms with Gasteiger partial charge in [-0.15, -0.1) is 0 Å². The van der Waals surface area contributed by atoms with E-state index >= 15 is 0 Å². The number of anilines is 1. The molecule has 0 unspecified atom stereocenters. The van der Waals surface area contributed by atoms with E-state index in [0.29, 0.717) is 48.8 Å². The number of amidine groups is 1.